The Morgan fingerprint density at radius 3 is 2.63 bits per heavy atom. The van der Waals surface area contributed by atoms with Crippen LogP contribution in [0, 0.1) is 5.82 Å². The molecule has 5 heteroatoms. The van der Waals surface area contributed by atoms with E-state index in [4.69, 9.17) is 5.73 Å². The van der Waals surface area contributed by atoms with Gasteiger partial charge >= 0.3 is 0 Å². The SMILES string of the molecule is CCc1nc(CC)n(-c2ccc(F)cc2[C@H](C)N)n1. The highest BCUT2D eigenvalue weighted by molar-refractivity contribution is 5.43. The molecule has 102 valence electrons. The van der Waals surface area contributed by atoms with Crippen LogP contribution in [-0.2, 0) is 12.8 Å². The Balaban J connectivity index is 2.60. The molecular weight excluding hydrogens is 243 g/mol. The van der Waals surface area contributed by atoms with E-state index >= 15 is 0 Å². The van der Waals surface area contributed by atoms with Crippen LogP contribution >= 0.6 is 0 Å². The van der Waals surface area contributed by atoms with Gasteiger partial charge in [0.2, 0.25) is 0 Å². The molecule has 2 N–H and O–H groups in total. The van der Waals surface area contributed by atoms with Crippen molar-refractivity contribution in [2.45, 2.75) is 39.7 Å². The first-order chi connectivity index (χ1) is 9.06. The van der Waals surface area contributed by atoms with Crippen molar-refractivity contribution in [2.75, 3.05) is 0 Å². The lowest BCUT2D eigenvalue weighted by Gasteiger charge is -2.14. The molecule has 0 aliphatic carbocycles. The molecule has 1 aromatic heterocycles. The Bertz CT molecular complexity index is 575. The van der Waals surface area contributed by atoms with Gasteiger partial charge in [-0.1, -0.05) is 13.8 Å². The number of hydrogen-bond acceptors (Lipinski definition) is 3. The zero-order chi connectivity index (χ0) is 14.0. The third-order valence-corrected chi connectivity index (χ3v) is 3.06. The van der Waals surface area contributed by atoms with Gasteiger partial charge in [-0.25, -0.2) is 14.1 Å². The summed E-state index contributed by atoms with van der Waals surface area (Å²) in [6, 6.07) is 4.34. The standard InChI is InChI=1S/C14H19FN4/c1-4-13-17-14(5-2)19(18-13)12-7-6-10(15)8-11(12)9(3)16/h6-9H,4-5,16H2,1-3H3/t9-/m0/s1. The van der Waals surface area contributed by atoms with Gasteiger partial charge in [0.05, 0.1) is 5.69 Å². The maximum Gasteiger partial charge on any atom is 0.151 e. The summed E-state index contributed by atoms with van der Waals surface area (Å²) in [6.45, 7) is 5.87. The van der Waals surface area contributed by atoms with Gasteiger partial charge in [0, 0.05) is 18.9 Å². The molecule has 4 nitrogen and oxygen atoms in total. The highest BCUT2D eigenvalue weighted by Gasteiger charge is 2.15. The summed E-state index contributed by atoms with van der Waals surface area (Å²) in [7, 11) is 0. The molecule has 0 amide bonds. The lowest BCUT2D eigenvalue weighted by molar-refractivity contribution is 0.619. The zero-order valence-corrected chi connectivity index (χ0v) is 11.5. The lowest BCUT2D eigenvalue weighted by atomic mass is 10.1. The number of aryl methyl sites for hydroxylation is 2. The van der Waals surface area contributed by atoms with E-state index in [1.54, 1.807) is 10.7 Å². The van der Waals surface area contributed by atoms with Gasteiger partial charge in [-0.3, -0.25) is 0 Å². The maximum absolute atomic E-state index is 13.4. The molecule has 0 unspecified atom stereocenters. The van der Waals surface area contributed by atoms with Crippen molar-refractivity contribution < 1.29 is 4.39 Å². The second kappa shape index (κ2) is 5.48. The third-order valence-electron chi connectivity index (χ3n) is 3.06. The fraction of sp³-hybridized carbons (Fsp3) is 0.429. The normalized spacial score (nSPS) is 12.7. The smallest absolute Gasteiger partial charge is 0.151 e. The first kappa shape index (κ1) is 13.7. The van der Waals surface area contributed by atoms with Crippen molar-refractivity contribution in [3.05, 3.63) is 41.2 Å². The number of nitrogens with two attached hydrogens (primary N) is 1. The predicted molar refractivity (Wildman–Crippen MR) is 72.7 cm³/mol. The summed E-state index contributed by atoms with van der Waals surface area (Å²) in [5.74, 6) is 1.37. The van der Waals surface area contributed by atoms with E-state index in [1.807, 2.05) is 20.8 Å². The Kier molecular flexibility index (Phi) is 3.95. The molecule has 19 heavy (non-hydrogen) atoms. The van der Waals surface area contributed by atoms with Crippen molar-refractivity contribution >= 4 is 0 Å². The first-order valence-corrected chi connectivity index (χ1v) is 6.57. The lowest BCUT2D eigenvalue weighted by Crippen LogP contribution is -2.12. The monoisotopic (exact) mass is 262 g/mol. The molecule has 0 spiro atoms. The Hall–Kier alpha value is -1.75. The Morgan fingerprint density at radius 1 is 1.32 bits per heavy atom. The zero-order valence-electron chi connectivity index (χ0n) is 11.5. The summed E-state index contributed by atoms with van der Waals surface area (Å²) >= 11 is 0. The molecule has 1 heterocycles. The first-order valence-electron chi connectivity index (χ1n) is 6.57. The van der Waals surface area contributed by atoms with Crippen LogP contribution < -0.4 is 5.73 Å². The van der Waals surface area contributed by atoms with Crippen LogP contribution in [0.25, 0.3) is 5.69 Å². The predicted octanol–water partition coefficient (Wildman–Crippen LogP) is 2.55. The van der Waals surface area contributed by atoms with Crippen LogP contribution in [0.5, 0.6) is 0 Å². The fourth-order valence-corrected chi connectivity index (χ4v) is 2.05. The molecule has 0 bridgehead atoms. The number of aromatic nitrogens is 3. The van der Waals surface area contributed by atoms with Crippen molar-refractivity contribution in [1.82, 2.24) is 14.8 Å². The van der Waals surface area contributed by atoms with Crippen LogP contribution in [0.2, 0.25) is 0 Å². The number of benzene rings is 1. The van der Waals surface area contributed by atoms with E-state index < -0.39 is 0 Å². The highest BCUT2D eigenvalue weighted by Crippen LogP contribution is 2.22. The van der Waals surface area contributed by atoms with E-state index in [0.717, 1.165) is 35.7 Å². The fourth-order valence-electron chi connectivity index (χ4n) is 2.05. The topological polar surface area (TPSA) is 56.7 Å². The number of nitrogens with zero attached hydrogens (tertiary/aromatic N) is 3. The van der Waals surface area contributed by atoms with E-state index in [1.165, 1.54) is 12.1 Å². The van der Waals surface area contributed by atoms with E-state index in [9.17, 15) is 4.39 Å². The molecular formula is C14H19FN4. The minimum absolute atomic E-state index is 0.260. The van der Waals surface area contributed by atoms with Gasteiger partial charge in [0.15, 0.2) is 5.82 Å². The van der Waals surface area contributed by atoms with Crippen molar-refractivity contribution in [3.63, 3.8) is 0 Å². The summed E-state index contributed by atoms with van der Waals surface area (Å²) < 4.78 is 15.2. The molecule has 1 atom stereocenters. The Morgan fingerprint density at radius 2 is 2.05 bits per heavy atom. The van der Waals surface area contributed by atoms with Gasteiger partial charge in [0.1, 0.15) is 11.6 Å². The average molecular weight is 262 g/mol. The van der Waals surface area contributed by atoms with Crippen molar-refractivity contribution in [1.29, 1.82) is 0 Å². The quantitative estimate of drug-likeness (QED) is 0.921. The van der Waals surface area contributed by atoms with Gasteiger partial charge in [-0.05, 0) is 30.7 Å². The van der Waals surface area contributed by atoms with Crippen LogP contribution in [0.1, 0.15) is 44.0 Å². The maximum atomic E-state index is 13.4. The number of hydrogen-bond donors (Lipinski definition) is 1. The molecule has 0 fully saturated rings. The second-order valence-electron chi connectivity index (χ2n) is 4.55. The average Bonchev–Trinajstić information content (AvgIpc) is 2.81. The summed E-state index contributed by atoms with van der Waals surface area (Å²) in [4.78, 5) is 4.46. The molecule has 2 rings (SSSR count). The van der Waals surface area contributed by atoms with E-state index in [0.29, 0.717) is 0 Å². The second-order valence-corrected chi connectivity index (χ2v) is 4.55. The summed E-state index contributed by atoms with van der Waals surface area (Å²) in [5.41, 5.74) is 7.47. The summed E-state index contributed by atoms with van der Waals surface area (Å²) in [6.07, 6.45) is 1.54. The minimum Gasteiger partial charge on any atom is -0.324 e. The molecule has 0 radical (unpaired) electrons. The van der Waals surface area contributed by atoms with Gasteiger partial charge in [-0.2, -0.15) is 5.10 Å². The molecule has 0 saturated heterocycles. The van der Waals surface area contributed by atoms with Gasteiger partial charge in [0.25, 0.3) is 0 Å². The van der Waals surface area contributed by atoms with Crippen molar-refractivity contribution in [3.8, 4) is 5.69 Å². The van der Waals surface area contributed by atoms with E-state index in [-0.39, 0.29) is 11.9 Å². The van der Waals surface area contributed by atoms with E-state index in [2.05, 4.69) is 10.1 Å². The molecule has 0 aliphatic rings. The number of rotatable bonds is 4. The molecule has 2 aromatic rings. The van der Waals surface area contributed by atoms with Gasteiger partial charge < -0.3 is 5.73 Å². The third kappa shape index (κ3) is 2.66. The van der Waals surface area contributed by atoms with Crippen LogP contribution in [-0.4, -0.2) is 14.8 Å². The Labute approximate surface area is 112 Å². The van der Waals surface area contributed by atoms with Crippen molar-refractivity contribution in [2.24, 2.45) is 5.73 Å². The largest absolute Gasteiger partial charge is 0.324 e. The van der Waals surface area contributed by atoms with Crippen LogP contribution in [0.3, 0.4) is 0 Å². The molecule has 0 saturated carbocycles. The van der Waals surface area contributed by atoms with Gasteiger partial charge in [-0.15, -0.1) is 0 Å². The number of halogens is 1. The van der Waals surface area contributed by atoms with Crippen LogP contribution in [0.4, 0.5) is 4.39 Å². The molecule has 1 aromatic carbocycles. The summed E-state index contributed by atoms with van der Waals surface area (Å²) in [5, 5.41) is 4.47. The minimum atomic E-state index is -0.287. The highest BCUT2D eigenvalue weighted by atomic mass is 19.1. The van der Waals surface area contributed by atoms with Crippen LogP contribution in [0.15, 0.2) is 18.2 Å². The molecule has 0 aliphatic heterocycles.